The number of esters is 1. The molecule has 1 amide bonds. The lowest BCUT2D eigenvalue weighted by Crippen LogP contribution is -2.38. The fraction of sp³-hybridized carbons (Fsp3) is 0.385. The quantitative estimate of drug-likeness (QED) is 0.458. The van der Waals surface area contributed by atoms with E-state index in [1.807, 2.05) is 24.8 Å². The summed E-state index contributed by atoms with van der Waals surface area (Å²) in [7, 11) is 0. The summed E-state index contributed by atoms with van der Waals surface area (Å²) in [6, 6.07) is 9.62. The number of fused-ring (bicyclic) bond motifs is 1. The Morgan fingerprint density at radius 1 is 1.00 bits per heavy atom. The van der Waals surface area contributed by atoms with Crippen molar-refractivity contribution in [2.45, 2.75) is 39.7 Å². The van der Waals surface area contributed by atoms with Crippen LogP contribution in [0.2, 0.25) is 0 Å². The number of nitrogens with zero attached hydrogens (tertiary/aromatic N) is 3. The third kappa shape index (κ3) is 5.98. The number of piperidine rings is 1. The van der Waals surface area contributed by atoms with E-state index in [9.17, 15) is 14.4 Å². The van der Waals surface area contributed by atoms with Crippen molar-refractivity contribution in [3.63, 3.8) is 0 Å². The zero-order valence-corrected chi connectivity index (χ0v) is 20.0. The number of ether oxygens (including phenoxy) is 3. The van der Waals surface area contributed by atoms with Gasteiger partial charge in [0, 0.05) is 25.4 Å². The molecule has 184 valence electrons. The highest BCUT2D eigenvalue weighted by molar-refractivity contribution is 5.90. The van der Waals surface area contributed by atoms with Gasteiger partial charge < -0.3 is 19.1 Å². The molecule has 0 bridgehead atoms. The second-order valence-electron chi connectivity index (χ2n) is 8.42. The Morgan fingerprint density at radius 2 is 1.80 bits per heavy atom. The van der Waals surface area contributed by atoms with E-state index in [2.05, 4.69) is 4.98 Å². The summed E-state index contributed by atoms with van der Waals surface area (Å²) in [5, 5.41) is 0. The molecule has 1 aliphatic rings. The minimum absolute atomic E-state index is 0.0652. The van der Waals surface area contributed by atoms with Crippen molar-refractivity contribution in [3.8, 4) is 11.5 Å². The van der Waals surface area contributed by atoms with Crippen LogP contribution in [-0.2, 0) is 16.1 Å². The van der Waals surface area contributed by atoms with Gasteiger partial charge in [-0.1, -0.05) is 6.07 Å². The Morgan fingerprint density at radius 3 is 2.57 bits per heavy atom. The number of hydrogen-bond donors (Lipinski definition) is 0. The Bertz CT molecular complexity index is 1280. The number of likely N-dealkylation sites (tertiary alicyclic amines) is 1. The van der Waals surface area contributed by atoms with Gasteiger partial charge in [0.25, 0.3) is 11.5 Å². The zero-order valence-electron chi connectivity index (χ0n) is 20.0. The first kappa shape index (κ1) is 24.3. The first-order valence-electron chi connectivity index (χ1n) is 11.8. The largest absolute Gasteiger partial charge is 0.490 e. The van der Waals surface area contributed by atoms with Gasteiger partial charge in [-0.25, -0.2) is 9.78 Å². The maximum atomic E-state index is 12.7. The summed E-state index contributed by atoms with van der Waals surface area (Å²) in [6.45, 7) is 5.34. The highest BCUT2D eigenvalue weighted by atomic mass is 16.5. The van der Waals surface area contributed by atoms with Gasteiger partial charge in [-0.3, -0.25) is 14.0 Å². The Balaban J connectivity index is 1.41. The molecule has 0 radical (unpaired) electrons. The van der Waals surface area contributed by atoms with E-state index >= 15 is 0 Å². The molecule has 2 aromatic heterocycles. The molecule has 3 heterocycles. The van der Waals surface area contributed by atoms with E-state index in [1.54, 1.807) is 24.4 Å². The minimum atomic E-state index is -0.590. The molecular formula is C26H29N3O6. The summed E-state index contributed by atoms with van der Waals surface area (Å²) in [4.78, 5) is 43.6. The minimum Gasteiger partial charge on any atom is -0.490 e. The third-order valence-electron chi connectivity index (χ3n) is 5.75. The standard InChI is InChI=1S/C26H29N3O6/c1-3-33-22-13-19(8-9-21(22)34-17-25(31)28-11-5-4-6-12-28)26(32)35-16-20-14-24(30)29-15-18(2)7-10-23(29)27-20/h7-10,13-15H,3-6,11-12,16-17H2,1-2H3. The van der Waals surface area contributed by atoms with Crippen molar-refractivity contribution in [1.82, 2.24) is 14.3 Å². The van der Waals surface area contributed by atoms with Crippen LogP contribution in [0.5, 0.6) is 11.5 Å². The van der Waals surface area contributed by atoms with E-state index in [1.165, 1.54) is 16.5 Å². The first-order valence-corrected chi connectivity index (χ1v) is 11.8. The monoisotopic (exact) mass is 479 g/mol. The second-order valence-corrected chi connectivity index (χ2v) is 8.42. The third-order valence-corrected chi connectivity index (χ3v) is 5.75. The van der Waals surface area contributed by atoms with Gasteiger partial charge >= 0.3 is 5.97 Å². The second kappa shape index (κ2) is 11.0. The summed E-state index contributed by atoms with van der Waals surface area (Å²) >= 11 is 0. The smallest absolute Gasteiger partial charge is 0.338 e. The lowest BCUT2D eigenvalue weighted by atomic mass is 10.1. The van der Waals surface area contributed by atoms with Crippen molar-refractivity contribution >= 4 is 17.5 Å². The zero-order chi connectivity index (χ0) is 24.8. The number of amides is 1. The first-order chi connectivity index (χ1) is 16.9. The van der Waals surface area contributed by atoms with Crippen LogP contribution in [0, 0.1) is 6.92 Å². The molecule has 1 aliphatic heterocycles. The van der Waals surface area contributed by atoms with Crippen molar-refractivity contribution in [2.24, 2.45) is 0 Å². The molecule has 9 heteroatoms. The van der Waals surface area contributed by atoms with E-state index in [0.717, 1.165) is 37.9 Å². The molecule has 1 fully saturated rings. The van der Waals surface area contributed by atoms with Gasteiger partial charge in [0.05, 0.1) is 17.9 Å². The highest BCUT2D eigenvalue weighted by Crippen LogP contribution is 2.29. The highest BCUT2D eigenvalue weighted by Gasteiger charge is 2.19. The van der Waals surface area contributed by atoms with Crippen molar-refractivity contribution in [2.75, 3.05) is 26.3 Å². The topological polar surface area (TPSA) is 99.4 Å². The number of pyridine rings is 1. The number of aryl methyl sites for hydroxylation is 1. The predicted octanol–water partition coefficient (Wildman–Crippen LogP) is 3.15. The lowest BCUT2D eigenvalue weighted by molar-refractivity contribution is -0.134. The predicted molar refractivity (Wildman–Crippen MR) is 129 cm³/mol. The van der Waals surface area contributed by atoms with Crippen molar-refractivity contribution in [3.05, 3.63) is 69.8 Å². The Labute approximate surface area is 203 Å². The van der Waals surface area contributed by atoms with Crippen molar-refractivity contribution < 1.29 is 23.8 Å². The molecule has 1 aromatic carbocycles. The van der Waals surface area contributed by atoms with Gasteiger partial charge in [-0.05, 0) is 62.9 Å². The molecule has 0 N–H and O–H groups in total. The normalized spacial score (nSPS) is 13.5. The van der Waals surface area contributed by atoms with E-state index in [-0.39, 0.29) is 30.2 Å². The SMILES string of the molecule is CCOc1cc(C(=O)OCc2cc(=O)n3cc(C)ccc3n2)ccc1OCC(=O)N1CCCCC1. The van der Waals surface area contributed by atoms with E-state index in [0.29, 0.717) is 29.4 Å². The number of carbonyl (C=O) groups excluding carboxylic acids is 2. The molecule has 4 rings (SSSR count). The molecule has 35 heavy (non-hydrogen) atoms. The average molecular weight is 480 g/mol. The van der Waals surface area contributed by atoms with Crippen molar-refractivity contribution in [1.29, 1.82) is 0 Å². The van der Waals surface area contributed by atoms with E-state index < -0.39 is 5.97 Å². The maximum absolute atomic E-state index is 12.7. The van der Waals surface area contributed by atoms with Crippen LogP contribution in [0.15, 0.2) is 47.4 Å². The van der Waals surface area contributed by atoms with Crippen LogP contribution in [-0.4, -0.2) is 52.5 Å². The van der Waals surface area contributed by atoms with Gasteiger partial charge in [-0.15, -0.1) is 0 Å². The van der Waals surface area contributed by atoms with Crippen LogP contribution in [0.4, 0.5) is 0 Å². The van der Waals surface area contributed by atoms with Crippen LogP contribution in [0.25, 0.3) is 5.65 Å². The molecule has 0 spiro atoms. The fourth-order valence-electron chi connectivity index (χ4n) is 3.95. The number of carbonyl (C=O) groups is 2. The van der Waals surface area contributed by atoms with Crippen LogP contribution in [0.1, 0.15) is 47.8 Å². The lowest BCUT2D eigenvalue weighted by Gasteiger charge is -2.26. The van der Waals surface area contributed by atoms with E-state index in [4.69, 9.17) is 14.2 Å². The number of aromatic nitrogens is 2. The molecule has 0 saturated carbocycles. The molecule has 3 aromatic rings. The summed E-state index contributed by atoms with van der Waals surface area (Å²) in [5.74, 6) is 0.0801. The van der Waals surface area contributed by atoms with Gasteiger partial charge in [0.1, 0.15) is 12.3 Å². The van der Waals surface area contributed by atoms with Gasteiger partial charge in [0.15, 0.2) is 18.1 Å². The van der Waals surface area contributed by atoms with Crippen LogP contribution >= 0.6 is 0 Å². The summed E-state index contributed by atoms with van der Waals surface area (Å²) in [6.07, 6.45) is 4.87. The molecule has 0 atom stereocenters. The number of benzene rings is 1. The maximum Gasteiger partial charge on any atom is 0.338 e. The summed E-state index contributed by atoms with van der Waals surface area (Å²) in [5.41, 5.74) is 1.79. The molecule has 9 nitrogen and oxygen atoms in total. The summed E-state index contributed by atoms with van der Waals surface area (Å²) < 4.78 is 18.2. The fourth-order valence-corrected chi connectivity index (χ4v) is 3.95. The molecule has 0 aliphatic carbocycles. The van der Waals surface area contributed by atoms with Crippen LogP contribution < -0.4 is 15.0 Å². The number of rotatable bonds is 8. The average Bonchev–Trinajstić information content (AvgIpc) is 2.87. The Kier molecular flexibility index (Phi) is 7.64. The number of hydrogen-bond acceptors (Lipinski definition) is 7. The molecule has 1 saturated heterocycles. The molecule has 0 unspecified atom stereocenters. The van der Waals surface area contributed by atoms with Crippen LogP contribution in [0.3, 0.4) is 0 Å². The Hall–Kier alpha value is -3.88. The van der Waals surface area contributed by atoms with Gasteiger partial charge in [-0.2, -0.15) is 0 Å². The molecular weight excluding hydrogens is 450 g/mol. The van der Waals surface area contributed by atoms with Gasteiger partial charge in [0.2, 0.25) is 0 Å².